The summed E-state index contributed by atoms with van der Waals surface area (Å²) < 4.78 is 32.7. The standard InChI is InChI=1S/C28H36F2N4O2/c1-5-23(20-9-10-20)25-24(8-6-7-19-15-21(29)17-22(30)16-19)31-18-32-26(25)33-11-13-34(14-12-33)27(35)36-28(2,3)4/h5,15-18,20H,6-14H2,1-4H3/b23-5-. The second kappa shape index (κ2) is 10.9. The molecule has 36 heavy (non-hydrogen) atoms. The van der Waals surface area contributed by atoms with Gasteiger partial charge < -0.3 is 14.5 Å². The van der Waals surface area contributed by atoms with Crippen molar-refractivity contribution in [1.29, 1.82) is 0 Å². The number of carbonyl (C=O) groups excluding carboxylic acids is 1. The number of aryl methyl sites for hydroxylation is 2. The first kappa shape index (κ1) is 26.0. The number of allylic oxidation sites excluding steroid dienone is 2. The van der Waals surface area contributed by atoms with E-state index in [4.69, 9.17) is 9.72 Å². The van der Waals surface area contributed by atoms with Gasteiger partial charge in [-0.25, -0.2) is 23.5 Å². The lowest BCUT2D eigenvalue weighted by atomic mass is 9.96. The Bertz CT molecular complexity index is 1100. The van der Waals surface area contributed by atoms with Crippen LogP contribution in [0.4, 0.5) is 19.4 Å². The van der Waals surface area contributed by atoms with Gasteiger partial charge >= 0.3 is 6.09 Å². The summed E-state index contributed by atoms with van der Waals surface area (Å²) in [4.78, 5) is 25.8. The molecular weight excluding hydrogens is 462 g/mol. The van der Waals surface area contributed by atoms with Gasteiger partial charge in [-0.05, 0) is 89.0 Å². The molecule has 0 N–H and O–H groups in total. The van der Waals surface area contributed by atoms with E-state index in [0.29, 0.717) is 50.5 Å². The first-order chi connectivity index (χ1) is 17.1. The molecule has 2 aromatic rings. The van der Waals surface area contributed by atoms with E-state index in [-0.39, 0.29) is 6.09 Å². The molecule has 2 heterocycles. The second-order valence-corrected chi connectivity index (χ2v) is 10.6. The fraction of sp³-hybridized carbons (Fsp3) is 0.536. The number of piperazine rings is 1. The molecule has 8 heteroatoms. The summed E-state index contributed by atoms with van der Waals surface area (Å²) in [6.45, 7) is 10.1. The van der Waals surface area contributed by atoms with Crippen molar-refractivity contribution in [2.24, 2.45) is 5.92 Å². The molecule has 194 valence electrons. The molecule has 0 unspecified atom stereocenters. The van der Waals surface area contributed by atoms with E-state index in [1.165, 1.54) is 17.7 Å². The lowest BCUT2D eigenvalue weighted by Crippen LogP contribution is -2.50. The van der Waals surface area contributed by atoms with Crippen LogP contribution in [-0.4, -0.2) is 52.7 Å². The number of halogens is 2. The topological polar surface area (TPSA) is 58.6 Å². The summed E-state index contributed by atoms with van der Waals surface area (Å²) in [6.07, 6.45) is 7.78. The maximum Gasteiger partial charge on any atom is 0.410 e. The molecule has 1 saturated carbocycles. The normalized spacial score (nSPS) is 16.9. The van der Waals surface area contributed by atoms with Crippen LogP contribution < -0.4 is 4.90 Å². The van der Waals surface area contributed by atoms with E-state index in [2.05, 4.69) is 22.9 Å². The Hall–Kier alpha value is -3.03. The van der Waals surface area contributed by atoms with Crippen molar-refractivity contribution in [1.82, 2.24) is 14.9 Å². The summed E-state index contributed by atoms with van der Waals surface area (Å²) in [5, 5.41) is 0. The van der Waals surface area contributed by atoms with E-state index in [0.717, 1.165) is 42.4 Å². The number of rotatable bonds is 7. The zero-order valence-electron chi connectivity index (χ0n) is 21.7. The van der Waals surface area contributed by atoms with Gasteiger partial charge in [-0.15, -0.1) is 0 Å². The third-order valence-electron chi connectivity index (χ3n) is 6.55. The van der Waals surface area contributed by atoms with Gasteiger partial charge in [0.2, 0.25) is 0 Å². The molecule has 1 aliphatic heterocycles. The molecule has 2 aliphatic rings. The first-order valence-electron chi connectivity index (χ1n) is 12.8. The highest BCUT2D eigenvalue weighted by molar-refractivity contribution is 5.79. The van der Waals surface area contributed by atoms with Crippen LogP contribution in [0.1, 0.15) is 63.8 Å². The lowest BCUT2D eigenvalue weighted by molar-refractivity contribution is 0.0240. The third kappa shape index (κ3) is 6.59. The number of carbonyl (C=O) groups is 1. The SMILES string of the molecule is C/C=C(\c1c(CCCc2cc(F)cc(F)c2)ncnc1N1CCN(C(=O)OC(C)(C)C)CC1)C1CC1. The number of hydrogen-bond acceptors (Lipinski definition) is 5. The van der Waals surface area contributed by atoms with Gasteiger partial charge in [0.1, 0.15) is 29.4 Å². The zero-order valence-corrected chi connectivity index (χ0v) is 21.7. The zero-order chi connectivity index (χ0) is 25.9. The largest absolute Gasteiger partial charge is 0.444 e. The molecule has 0 spiro atoms. The number of hydrogen-bond donors (Lipinski definition) is 0. The average Bonchev–Trinajstić information content (AvgIpc) is 3.64. The summed E-state index contributed by atoms with van der Waals surface area (Å²) in [5.41, 5.74) is 3.44. The fourth-order valence-electron chi connectivity index (χ4n) is 4.76. The maximum atomic E-state index is 13.6. The number of nitrogens with zero attached hydrogens (tertiary/aromatic N) is 4. The fourth-order valence-corrected chi connectivity index (χ4v) is 4.76. The molecule has 6 nitrogen and oxygen atoms in total. The second-order valence-electron chi connectivity index (χ2n) is 10.6. The van der Waals surface area contributed by atoms with Gasteiger partial charge in [-0.1, -0.05) is 6.08 Å². The average molecular weight is 499 g/mol. The minimum atomic E-state index is -0.550. The quantitative estimate of drug-likeness (QED) is 0.483. The highest BCUT2D eigenvalue weighted by Crippen LogP contribution is 2.45. The maximum absolute atomic E-state index is 13.6. The van der Waals surface area contributed by atoms with Crippen LogP contribution in [0.3, 0.4) is 0 Å². The third-order valence-corrected chi connectivity index (χ3v) is 6.55. The molecule has 1 saturated heterocycles. The van der Waals surface area contributed by atoms with Gasteiger partial charge in [-0.2, -0.15) is 0 Å². The van der Waals surface area contributed by atoms with Crippen LogP contribution in [-0.2, 0) is 17.6 Å². The van der Waals surface area contributed by atoms with Crippen molar-refractivity contribution < 1.29 is 18.3 Å². The Balaban J connectivity index is 1.51. The number of aromatic nitrogens is 2. The predicted molar refractivity (Wildman–Crippen MR) is 137 cm³/mol. The Morgan fingerprint density at radius 1 is 1.06 bits per heavy atom. The van der Waals surface area contributed by atoms with E-state index in [9.17, 15) is 13.6 Å². The molecule has 1 aromatic heterocycles. The van der Waals surface area contributed by atoms with Gasteiger partial charge in [0, 0.05) is 37.8 Å². The molecule has 4 rings (SSSR count). The monoisotopic (exact) mass is 498 g/mol. The molecule has 1 aliphatic carbocycles. The van der Waals surface area contributed by atoms with Crippen molar-refractivity contribution >= 4 is 17.5 Å². The van der Waals surface area contributed by atoms with Crippen molar-refractivity contribution in [2.45, 2.75) is 65.4 Å². The molecule has 0 radical (unpaired) electrons. The van der Waals surface area contributed by atoms with E-state index in [1.807, 2.05) is 20.8 Å². The van der Waals surface area contributed by atoms with Crippen molar-refractivity contribution in [2.75, 3.05) is 31.1 Å². The Morgan fingerprint density at radius 2 is 1.72 bits per heavy atom. The first-order valence-corrected chi connectivity index (χ1v) is 12.8. The van der Waals surface area contributed by atoms with Crippen molar-refractivity contribution in [3.8, 4) is 0 Å². The molecule has 0 atom stereocenters. The molecule has 1 amide bonds. The van der Waals surface area contributed by atoms with Crippen molar-refractivity contribution in [3.05, 3.63) is 59.1 Å². The molecule has 1 aromatic carbocycles. The van der Waals surface area contributed by atoms with E-state index < -0.39 is 17.2 Å². The number of anilines is 1. The smallest absolute Gasteiger partial charge is 0.410 e. The Kier molecular flexibility index (Phi) is 7.91. The summed E-state index contributed by atoms with van der Waals surface area (Å²) in [6, 6.07) is 3.68. The Labute approximate surface area is 212 Å². The van der Waals surface area contributed by atoms with Gasteiger partial charge in [0.05, 0.1) is 5.69 Å². The number of amides is 1. The van der Waals surface area contributed by atoms with Crippen LogP contribution in [0.2, 0.25) is 0 Å². The van der Waals surface area contributed by atoms with Gasteiger partial charge in [0.25, 0.3) is 0 Å². The summed E-state index contributed by atoms with van der Waals surface area (Å²) in [5.74, 6) is 0.315. The highest BCUT2D eigenvalue weighted by atomic mass is 19.1. The summed E-state index contributed by atoms with van der Waals surface area (Å²) in [7, 11) is 0. The van der Waals surface area contributed by atoms with Crippen LogP contribution in [0.15, 0.2) is 30.6 Å². The van der Waals surface area contributed by atoms with Crippen LogP contribution in [0, 0.1) is 17.6 Å². The number of benzene rings is 1. The van der Waals surface area contributed by atoms with Gasteiger partial charge in [-0.3, -0.25) is 0 Å². The van der Waals surface area contributed by atoms with Crippen molar-refractivity contribution in [3.63, 3.8) is 0 Å². The van der Waals surface area contributed by atoms with Crippen LogP contribution in [0.5, 0.6) is 0 Å². The lowest BCUT2D eigenvalue weighted by Gasteiger charge is -2.37. The predicted octanol–water partition coefficient (Wildman–Crippen LogP) is 5.80. The minimum absolute atomic E-state index is 0.286. The van der Waals surface area contributed by atoms with Gasteiger partial charge in [0.15, 0.2) is 0 Å². The minimum Gasteiger partial charge on any atom is -0.444 e. The van der Waals surface area contributed by atoms with Crippen LogP contribution in [0.25, 0.3) is 5.57 Å². The van der Waals surface area contributed by atoms with E-state index >= 15 is 0 Å². The molecule has 2 fully saturated rings. The molecular formula is C28H36F2N4O2. The molecule has 0 bridgehead atoms. The number of ether oxygens (including phenoxy) is 1. The Morgan fingerprint density at radius 3 is 2.31 bits per heavy atom. The van der Waals surface area contributed by atoms with Crippen LogP contribution >= 0.6 is 0 Å². The summed E-state index contributed by atoms with van der Waals surface area (Å²) >= 11 is 0. The van der Waals surface area contributed by atoms with E-state index in [1.54, 1.807) is 11.2 Å². The highest BCUT2D eigenvalue weighted by Gasteiger charge is 2.33.